The Hall–Kier alpha value is -3.08. The van der Waals surface area contributed by atoms with Gasteiger partial charge in [0.2, 0.25) is 12.2 Å². The second-order valence-corrected chi connectivity index (χ2v) is 7.70. The summed E-state index contributed by atoms with van der Waals surface area (Å²) in [5.41, 5.74) is 10.1. The third kappa shape index (κ3) is 4.57. The lowest BCUT2D eigenvalue weighted by atomic mass is 9.99. The molecule has 1 aliphatic rings. The molecule has 9 heteroatoms. The number of hydrogen-bond acceptors (Lipinski definition) is 9. The number of aliphatic hydroxyl groups is 4. The van der Waals surface area contributed by atoms with Crippen molar-refractivity contribution in [1.82, 2.24) is 9.97 Å². The van der Waals surface area contributed by atoms with Crippen LogP contribution >= 0.6 is 0 Å². The van der Waals surface area contributed by atoms with Crippen LogP contribution in [0.1, 0.15) is 5.56 Å². The maximum absolute atomic E-state index is 10.1. The van der Waals surface area contributed by atoms with Gasteiger partial charge in [0.1, 0.15) is 30.2 Å². The molecule has 32 heavy (non-hydrogen) atoms. The number of benzene rings is 2. The second kappa shape index (κ2) is 9.19. The SMILES string of the molecule is Cc1ccc(-c2cc(-c3ccc(OC4OC(CO)C(O)C(O)C4O)cc3)nc(N)n2)cc1. The number of nitrogens with two attached hydrogens (primary N) is 1. The summed E-state index contributed by atoms with van der Waals surface area (Å²) < 4.78 is 11.0. The van der Waals surface area contributed by atoms with E-state index in [-0.39, 0.29) is 5.95 Å². The molecule has 9 nitrogen and oxygen atoms in total. The van der Waals surface area contributed by atoms with Gasteiger partial charge in [-0.3, -0.25) is 0 Å². The van der Waals surface area contributed by atoms with Gasteiger partial charge in [0, 0.05) is 11.1 Å². The van der Waals surface area contributed by atoms with Gasteiger partial charge in [0.25, 0.3) is 0 Å². The Labute approximate surface area is 184 Å². The van der Waals surface area contributed by atoms with Crippen LogP contribution in [0.5, 0.6) is 5.75 Å². The Morgan fingerprint density at radius 1 is 0.875 bits per heavy atom. The van der Waals surface area contributed by atoms with E-state index in [0.29, 0.717) is 17.1 Å². The zero-order valence-electron chi connectivity index (χ0n) is 17.4. The van der Waals surface area contributed by atoms with Crippen molar-refractivity contribution in [1.29, 1.82) is 0 Å². The van der Waals surface area contributed by atoms with E-state index in [4.69, 9.17) is 15.2 Å². The van der Waals surface area contributed by atoms with Crippen molar-refractivity contribution in [2.24, 2.45) is 0 Å². The van der Waals surface area contributed by atoms with E-state index in [1.807, 2.05) is 37.3 Å². The van der Waals surface area contributed by atoms with Crippen molar-refractivity contribution >= 4 is 5.95 Å². The summed E-state index contributed by atoms with van der Waals surface area (Å²) in [4.78, 5) is 8.64. The largest absolute Gasteiger partial charge is 0.462 e. The number of rotatable bonds is 5. The van der Waals surface area contributed by atoms with Gasteiger partial charge in [0.05, 0.1) is 18.0 Å². The standard InChI is InChI=1S/C23H25N3O6/c1-12-2-4-13(5-3-12)16-10-17(26-23(24)25-16)14-6-8-15(9-7-14)31-22-21(30)20(29)19(28)18(11-27)32-22/h2-10,18-22,27-30H,11H2,1H3,(H2,24,25,26). The van der Waals surface area contributed by atoms with E-state index < -0.39 is 37.3 Å². The summed E-state index contributed by atoms with van der Waals surface area (Å²) in [5.74, 6) is 0.513. The normalized spacial score (nSPS) is 25.5. The zero-order chi connectivity index (χ0) is 22.8. The summed E-state index contributed by atoms with van der Waals surface area (Å²) in [6, 6.07) is 16.6. The van der Waals surface area contributed by atoms with Crippen LogP contribution in [-0.2, 0) is 4.74 Å². The first-order chi connectivity index (χ1) is 15.4. The smallest absolute Gasteiger partial charge is 0.229 e. The molecule has 0 amide bonds. The van der Waals surface area contributed by atoms with E-state index in [0.717, 1.165) is 16.7 Å². The van der Waals surface area contributed by atoms with Crippen LogP contribution in [0.15, 0.2) is 54.6 Å². The molecule has 1 aromatic heterocycles. The van der Waals surface area contributed by atoms with Crippen LogP contribution in [0, 0.1) is 6.92 Å². The maximum atomic E-state index is 10.1. The Morgan fingerprint density at radius 3 is 2.00 bits per heavy atom. The van der Waals surface area contributed by atoms with Crippen molar-refractivity contribution in [3.63, 3.8) is 0 Å². The number of nitrogens with zero attached hydrogens (tertiary/aromatic N) is 2. The summed E-state index contributed by atoms with van der Waals surface area (Å²) in [7, 11) is 0. The molecule has 1 saturated heterocycles. The first kappa shape index (κ1) is 22.1. The van der Waals surface area contributed by atoms with E-state index in [1.165, 1.54) is 0 Å². The highest BCUT2D eigenvalue weighted by molar-refractivity contribution is 5.69. The number of aliphatic hydroxyl groups excluding tert-OH is 4. The average molecular weight is 439 g/mol. The van der Waals surface area contributed by atoms with E-state index >= 15 is 0 Å². The van der Waals surface area contributed by atoms with E-state index in [9.17, 15) is 20.4 Å². The summed E-state index contributed by atoms with van der Waals surface area (Å²) in [6.45, 7) is 1.49. The monoisotopic (exact) mass is 439 g/mol. The highest BCUT2D eigenvalue weighted by Gasteiger charge is 2.44. The van der Waals surface area contributed by atoms with E-state index in [2.05, 4.69) is 9.97 Å². The quantitative estimate of drug-likeness (QED) is 0.390. The van der Waals surface area contributed by atoms with Gasteiger partial charge in [-0.25, -0.2) is 9.97 Å². The molecule has 0 saturated carbocycles. The van der Waals surface area contributed by atoms with Crippen LogP contribution in [0.2, 0.25) is 0 Å². The van der Waals surface area contributed by atoms with Crippen molar-refractivity contribution in [3.8, 4) is 28.3 Å². The van der Waals surface area contributed by atoms with Gasteiger partial charge in [-0.1, -0.05) is 29.8 Å². The molecule has 0 radical (unpaired) electrons. The molecule has 0 spiro atoms. The lowest BCUT2D eigenvalue weighted by molar-refractivity contribution is -0.277. The molecule has 1 aliphatic heterocycles. The number of anilines is 1. The van der Waals surface area contributed by atoms with Gasteiger partial charge >= 0.3 is 0 Å². The third-order valence-corrected chi connectivity index (χ3v) is 5.34. The molecular weight excluding hydrogens is 414 g/mol. The number of aryl methyl sites for hydroxylation is 1. The van der Waals surface area contributed by atoms with Gasteiger partial charge in [-0.05, 0) is 37.3 Å². The maximum Gasteiger partial charge on any atom is 0.229 e. The lowest BCUT2D eigenvalue weighted by Gasteiger charge is -2.39. The van der Waals surface area contributed by atoms with Crippen LogP contribution in [0.4, 0.5) is 5.95 Å². The molecule has 6 N–H and O–H groups in total. The average Bonchev–Trinajstić information content (AvgIpc) is 2.80. The Kier molecular flexibility index (Phi) is 6.35. The van der Waals surface area contributed by atoms with Crippen molar-refractivity contribution in [3.05, 3.63) is 60.2 Å². The molecule has 2 aromatic carbocycles. The molecule has 0 bridgehead atoms. The number of aromatic nitrogens is 2. The lowest BCUT2D eigenvalue weighted by Crippen LogP contribution is -2.60. The molecule has 1 fully saturated rings. The minimum absolute atomic E-state index is 0.153. The van der Waals surface area contributed by atoms with Crippen LogP contribution < -0.4 is 10.5 Å². The molecule has 2 heterocycles. The number of hydrogen-bond donors (Lipinski definition) is 5. The summed E-state index contributed by atoms with van der Waals surface area (Å²) >= 11 is 0. The molecule has 5 atom stereocenters. The number of nitrogen functional groups attached to an aromatic ring is 1. The molecular formula is C23H25N3O6. The van der Waals surface area contributed by atoms with E-state index in [1.54, 1.807) is 24.3 Å². The fourth-order valence-corrected chi connectivity index (χ4v) is 3.49. The predicted octanol–water partition coefficient (Wildman–Crippen LogP) is 0.880. The second-order valence-electron chi connectivity index (χ2n) is 7.70. The number of ether oxygens (including phenoxy) is 2. The van der Waals surface area contributed by atoms with Gasteiger partial charge in [-0.15, -0.1) is 0 Å². The molecule has 3 aromatic rings. The van der Waals surface area contributed by atoms with Gasteiger partial charge in [-0.2, -0.15) is 0 Å². The van der Waals surface area contributed by atoms with Crippen LogP contribution in [0.25, 0.3) is 22.5 Å². The summed E-state index contributed by atoms with van der Waals surface area (Å²) in [6.07, 6.45) is -6.72. The van der Waals surface area contributed by atoms with Crippen molar-refractivity contribution in [2.75, 3.05) is 12.3 Å². The first-order valence-electron chi connectivity index (χ1n) is 10.1. The third-order valence-electron chi connectivity index (χ3n) is 5.34. The van der Waals surface area contributed by atoms with Crippen LogP contribution in [-0.4, -0.2) is 67.7 Å². The predicted molar refractivity (Wildman–Crippen MR) is 116 cm³/mol. The fraction of sp³-hybridized carbons (Fsp3) is 0.304. The van der Waals surface area contributed by atoms with Gasteiger partial charge < -0.3 is 35.6 Å². The van der Waals surface area contributed by atoms with Crippen molar-refractivity contribution < 1.29 is 29.9 Å². The molecule has 0 aliphatic carbocycles. The minimum Gasteiger partial charge on any atom is -0.462 e. The molecule has 4 rings (SSSR count). The molecule has 5 unspecified atom stereocenters. The van der Waals surface area contributed by atoms with Crippen LogP contribution in [0.3, 0.4) is 0 Å². The topological polar surface area (TPSA) is 151 Å². The highest BCUT2D eigenvalue weighted by Crippen LogP contribution is 2.28. The fourth-order valence-electron chi connectivity index (χ4n) is 3.49. The Balaban J connectivity index is 1.53. The highest BCUT2D eigenvalue weighted by atomic mass is 16.7. The van der Waals surface area contributed by atoms with Crippen molar-refractivity contribution in [2.45, 2.75) is 37.6 Å². The first-order valence-corrected chi connectivity index (χ1v) is 10.1. The zero-order valence-corrected chi connectivity index (χ0v) is 17.4. The Morgan fingerprint density at radius 2 is 1.44 bits per heavy atom. The Bertz CT molecular complexity index is 1060. The molecule has 168 valence electrons. The minimum atomic E-state index is -1.51. The summed E-state index contributed by atoms with van der Waals surface area (Å²) in [5, 5.41) is 39.2. The van der Waals surface area contributed by atoms with Gasteiger partial charge in [0.15, 0.2) is 0 Å².